The maximum absolute atomic E-state index is 13.3. The van der Waals surface area contributed by atoms with Gasteiger partial charge >= 0.3 is 0 Å². The third kappa shape index (κ3) is 2.58. The monoisotopic (exact) mass is 377 g/mol. The zero-order valence-electron chi connectivity index (χ0n) is 15.7. The van der Waals surface area contributed by atoms with Crippen molar-refractivity contribution in [3.8, 4) is 5.75 Å². The fourth-order valence-corrected chi connectivity index (χ4v) is 3.67. The maximum atomic E-state index is 13.3. The lowest BCUT2D eigenvalue weighted by molar-refractivity contribution is -0.122. The van der Waals surface area contributed by atoms with Crippen LogP contribution in [0.15, 0.2) is 53.6 Å². The topological polar surface area (TPSA) is 79.3 Å². The predicted molar refractivity (Wildman–Crippen MR) is 105 cm³/mol. The van der Waals surface area contributed by atoms with Gasteiger partial charge in [0.15, 0.2) is 5.78 Å². The molecule has 2 heterocycles. The van der Waals surface area contributed by atoms with E-state index in [0.29, 0.717) is 17.1 Å². The summed E-state index contributed by atoms with van der Waals surface area (Å²) in [4.78, 5) is 39.8. The highest BCUT2D eigenvalue weighted by Crippen LogP contribution is 2.40. The van der Waals surface area contributed by atoms with Crippen LogP contribution in [0, 0.1) is 12.8 Å². The quantitative estimate of drug-likeness (QED) is 0.764. The van der Waals surface area contributed by atoms with Crippen LogP contribution >= 0.6 is 0 Å². The molecule has 7 nitrogen and oxygen atoms in total. The smallest absolute Gasteiger partial charge is 0.260 e. The number of carbonyl (C=O) groups is 3. The van der Waals surface area contributed by atoms with Crippen molar-refractivity contribution in [1.29, 1.82) is 0 Å². The molecule has 1 saturated heterocycles. The molecule has 0 N–H and O–H groups in total. The van der Waals surface area contributed by atoms with Crippen molar-refractivity contribution in [3.05, 3.63) is 54.1 Å². The average molecular weight is 377 g/mol. The van der Waals surface area contributed by atoms with E-state index < -0.39 is 23.8 Å². The Bertz CT molecular complexity index is 1010. The molecule has 7 heteroatoms. The Balaban J connectivity index is 1.82. The minimum atomic E-state index is -0.934. The summed E-state index contributed by atoms with van der Waals surface area (Å²) in [7, 11) is 1.48. The second kappa shape index (κ2) is 6.60. The number of carbonyl (C=O) groups excluding carboxylic acids is 3. The summed E-state index contributed by atoms with van der Waals surface area (Å²) in [6.45, 7) is 3.31. The van der Waals surface area contributed by atoms with Crippen LogP contribution in [-0.4, -0.2) is 36.5 Å². The van der Waals surface area contributed by atoms with Crippen molar-refractivity contribution in [3.63, 3.8) is 0 Å². The highest BCUT2D eigenvalue weighted by molar-refractivity contribution is 6.49. The number of amides is 2. The van der Waals surface area contributed by atoms with Gasteiger partial charge in [-0.25, -0.2) is 4.90 Å². The molecule has 0 spiro atoms. The molecule has 0 aromatic heterocycles. The van der Waals surface area contributed by atoms with Crippen molar-refractivity contribution in [1.82, 2.24) is 0 Å². The molecule has 2 aromatic carbocycles. The first-order valence-corrected chi connectivity index (χ1v) is 8.90. The summed E-state index contributed by atoms with van der Waals surface area (Å²) < 4.78 is 5.32. The number of hydrazone groups is 1. The van der Waals surface area contributed by atoms with Crippen LogP contribution in [0.25, 0.3) is 0 Å². The van der Waals surface area contributed by atoms with Crippen LogP contribution in [-0.2, 0) is 14.4 Å². The molecular formula is C21H19N3O4. The summed E-state index contributed by atoms with van der Waals surface area (Å²) in [6.07, 6.45) is 0. The van der Waals surface area contributed by atoms with Crippen LogP contribution in [0.1, 0.15) is 12.5 Å². The minimum Gasteiger partial charge on any atom is -0.495 e. The van der Waals surface area contributed by atoms with Crippen molar-refractivity contribution >= 4 is 34.7 Å². The van der Waals surface area contributed by atoms with E-state index in [0.717, 1.165) is 10.5 Å². The number of rotatable bonds is 4. The molecule has 2 aromatic rings. The number of fused-ring (bicyclic) bond motifs is 1. The van der Waals surface area contributed by atoms with Crippen LogP contribution in [0.4, 0.5) is 11.4 Å². The summed E-state index contributed by atoms with van der Waals surface area (Å²) >= 11 is 0. The molecule has 1 fully saturated rings. The van der Waals surface area contributed by atoms with Crippen LogP contribution in [0.2, 0.25) is 0 Å². The largest absolute Gasteiger partial charge is 0.495 e. The Hall–Kier alpha value is -3.48. The summed E-state index contributed by atoms with van der Waals surface area (Å²) in [5.74, 6) is -1.75. The molecule has 0 unspecified atom stereocenters. The van der Waals surface area contributed by atoms with Crippen LogP contribution < -0.4 is 14.6 Å². The molecule has 0 saturated carbocycles. The number of aryl methyl sites for hydroxylation is 1. The Morgan fingerprint density at radius 2 is 1.71 bits per heavy atom. The van der Waals surface area contributed by atoms with E-state index in [-0.39, 0.29) is 11.5 Å². The summed E-state index contributed by atoms with van der Waals surface area (Å²) in [5, 5.41) is 5.83. The van der Waals surface area contributed by atoms with Crippen LogP contribution in [0.3, 0.4) is 0 Å². The number of hydrogen-bond donors (Lipinski definition) is 0. The third-order valence-electron chi connectivity index (χ3n) is 5.03. The second-order valence-electron chi connectivity index (χ2n) is 6.83. The van der Waals surface area contributed by atoms with Crippen molar-refractivity contribution in [2.24, 2.45) is 11.0 Å². The van der Waals surface area contributed by atoms with E-state index in [4.69, 9.17) is 4.74 Å². The number of nitrogens with zero attached hydrogens (tertiary/aromatic N) is 3. The number of benzene rings is 2. The van der Waals surface area contributed by atoms with Gasteiger partial charge in [-0.1, -0.05) is 29.8 Å². The van der Waals surface area contributed by atoms with Gasteiger partial charge in [0.1, 0.15) is 23.4 Å². The number of hydrogen-bond acceptors (Lipinski definition) is 6. The van der Waals surface area contributed by atoms with Gasteiger partial charge < -0.3 is 4.74 Å². The third-order valence-corrected chi connectivity index (χ3v) is 5.03. The molecule has 2 amide bonds. The lowest BCUT2D eigenvalue weighted by atomic mass is 9.95. The summed E-state index contributed by atoms with van der Waals surface area (Å²) in [5.41, 5.74) is 2.17. The predicted octanol–water partition coefficient (Wildman–Crippen LogP) is 2.33. The molecule has 4 rings (SSSR count). The van der Waals surface area contributed by atoms with Gasteiger partial charge in [-0.15, -0.1) is 0 Å². The molecule has 0 aliphatic carbocycles. The Morgan fingerprint density at radius 1 is 1.04 bits per heavy atom. The first-order chi connectivity index (χ1) is 13.4. The van der Waals surface area contributed by atoms with E-state index in [1.54, 1.807) is 24.3 Å². The van der Waals surface area contributed by atoms with E-state index in [9.17, 15) is 14.4 Å². The van der Waals surface area contributed by atoms with Crippen molar-refractivity contribution in [2.75, 3.05) is 17.0 Å². The maximum Gasteiger partial charge on any atom is 0.260 e. The number of imide groups is 1. The van der Waals surface area contributed by atoms with Gasteiger partial charge in [-0.05, 0) is 31.2 Å². The van der Waals surface area contributed by atoms with Gasteiger partial charge in [0, 0.05) is 6.92 Å². The van der Waals surface area contributed by atoms with E-state index in [1.807, 2.05) is 31.2 Å². The number of ether oxygens (including phenoxy) is 1. The number of methoxy groups -OCH3 is 1. The zero-order chi connectivity index (χ0) is 20.0. The fourth-order valence-electron chi connectivity index (χ4n) is 3.67. The Morgan fingerprint density at radius 3 is 2.36 bits per heavy atom. The van der Waals surface area contributed by atoms with Gasteiger partial charge in [0.05, 0.1) is 18.5 Å². The fraction of sp³-hybridized carbons (Fsp3) is 0.238. The number of anilines is 2. The van der Waals surface area contributed by atoms with Crippen molar-refractivity contribution < 1.29 is 19.1 Å². The molecule has 2 aliphatic rings. The lowest BCUT2D eigenvalue weighted by Gasteiger charge is -2.23. The molecule has 28 heavy (non-hydrogen) atoms. The Labute approximate surface area is 162 Å². The number of Topliss-reactive ketones (excluding diaryl/α,β-unsaturated/α-hetero) is 1. The molecule has 0 radical (unpaired) electrons. The molecule has 2 atom stereocenters. The van der Waals surface area contributed by atoms with Gasteiger partial charge in [0.25, 0.3) is 5.91 Å². The minimum absolute atomic E-state index is 0.0984. The van der Waals surface area contributed by atoms with Gasteiger partial charge in [-0.3, -0.25) is 19.4 Å². The first-order valence-electron chi connectivity index (χ1n) is 8.90. The molecule has 2 aliphatic heterocycles. The SMILES string of the molecule is COc1ccccc1N1C(=O)[C@H]2C(C(C)=O)=NN(c3ccc(C)cc3)[C@H]2C1=O. The Kier molecular flexibility index (Phi) is 4.22. The number of ketones is 1. The standard InChI is InChI=1S/C21H19N3O4/c1-12-8-10-14(11-9-12)24-19-17(18(22-24)13(2)25)20(26)23(21(19)27)15-6-4-5-7-16(15)28-3/h4-11,17,19H,1-3H3/t17-,19+/m0/s1. The van der Waals surface area contributed by atoms with Gasteiger partial charge in [-0.2, -0.15) is 5.10 Å². The van der Waals surface area contributed by atoms with Crippen LogP contribution in [0.5, 0.6) is 5.75 Å². The lowest BCUT2D eigenvalue weighted by Crippen LogP contribution is -2.39. The first kappa shape index (κ1) is 17.9. The highest BCUT2D eigenvalue weighted by atomic mass is 16.5. The van der Waals surface area contributed by atoms with E-state index >= 15 is 0 Å². The van der Waals surface area contributed by atoms with Crippen molar-refractivity contribution in [2.45, 2.75) is 19.9 Å². The molecular weight excluding hydrogens is 358 g/mol. The molecule has 0 bridgehead atoms. The zero-order valence-corrected chi connectivity index (χ0v) is 15.7. The normalized spacial score (nSPS) is 21.0. The van der Waals surface area contributed by atoms with E-state index in [1.165, 1.54) is 19.0 Å². The summed E-state index contributed by atoms with van der Waals surface area (Å²) in [6, 6.07) is 13.4. The van der Waals surface area contributed by atoms with Gasteiger partial charge in [0.2, 0.25) is 5.91 Å². The highest BCUT2D eigenvalue weighted by Gasteiger charge is 2.58. The second-order valence-corrected chi connectivity index (χ2v) is 6.83. The average Bonchev–Trinajstić information content (AvgIpc) is 3.20. The number of para-hydroxylation sites is 2. The van der Waals surface area contributed by atoms with E-state index in [2.05, 4.69) is 5.10 Å². The molecule has 142 valence electrons.